The van der Waals surface area contributed by atoms with Crippen LogP contribution >= 0.6 is 27.5 Å². The fraction of sp³-hybridized carbons (Fsp3) is 0.412. The van der Waals surface area contributed by atoms with Crippen LogP contribution in [0.5, 0.6) is 5.75 Å². The van der Waals surface area contributed by atoms with Crippen LogP contribution in [-0.4, -0.2) is 35.4 Å². The van der Waals surface area contributed by atoms with Crippen LogP contribution < -0.4 is 10.1 Å². The second-order valence-corrected chi connectivity index (χ2v) is 13.2. The molecule has 4 rings (SSSR count). The molecule has 7 heteroatoms. The molecule has 0 spiro atoms. The van der Waals surface area contributed by atoms with Crippen molar-refractivity contribution in [1.29, 1.82) is 0 Å². The molecule has 0 saturated heterocycles. The fourth-order valence-electron chi connectivity index (χ4n) is 5.24. The Kier molecular flexibility index (Phi) is 10.9. The van der Waals surface area contributed by atoms with Gasteiger partial charge in [-0.25, -0.2) is 0 Å². The number of carbonyl (C=O) groups is 2. The summed E-state index contributed by atoms with van der Waals surface area (Å²) in [6.45, 7) is 6.49. The van der Waals surface area contributed by atoms with E-state index in [0.29, 0.717) is 17.2 Å². The number of rotatable bonds is 10. The molecule has 1 fully saturated rings. The maximum atomic E-state index is 13.9. The SMILES string of the molecule is CC(C)(C)c1ccc(OCC(=O)N(Cc2cccc(Cl)c2)C(Cc2ccccc2)C(=O)NC2CCCCC2)c(Br)c1. The number of nitrogens with one attached hydrogen (secondary N) is 1. The predicted molar refractivity (Wildman–Crippen MR) is 169 cm³/mol. The Morgan fingerprint density at radius 3 is 2.34 bits per heavy atom. The minimum atomic E-state index is -0.707. The lowest BCUT2D eigenvalue weighted by molar-refractivity contribution is -0.143. The lowest BCUT2D eigenvalue weighted by atomic mass is 9.87. The fourth-order valence-corrected chi connectivity index (χ4v) is 5.94. The highest BCUT2D eigenvalue weighted by molar-refractivity contribution is 9.10. The van der Waals surface area contributed by atoms with Crippen LogP contribution in [0.1, 0.15) is 69.6 Å². The molecule has 1 aliphatic carbocycles. The largest absolute Gasteiger partial charge is 0.483 e. The first-order chi connectivity index (χ1) is 19.6. The quantitative estimate of drug-likeness (QED) is 0.246. The van der Waals surface area contributed by atoms with Gasteiger partial charge in [-0.15, -0.1) is 0 Å². The number of benzene rings is 3. The Morgan fingerprint density at radius 1 is 0.976 bits per heavy atom. The topological polar surface area (TPSA) is 58.6 Å². The molecule has 3 aromatic rings. The van der Waals surface area contributed by atoms with Crippen molar-refractivity contribution < 1.29 is 14.3 Å². The highest BCUT2D eigenvalue weighted by atomic mass is 79.9. The molecule has 1 unspecified atom stereocenters. The van der Waals surface area contributed by atoms with Crippen molar-refractivity contribution in [2.45, 2.75) is 83.3 Å². The van der Waals surface area contributed by atoms with Crippen molar-refractivity contribution in [2.24, 2.45) is 0 Å². The van der Waals surface area contributed by atoms with Gasteiger partial charge in [0.1, 0.15) is 11.8 Å². The number of ether oxygens (including phenoxy) is 1. The Morgan fingerprint density at radius 2 is 1.68 bits per heavy atom. The van der Waals surface area contributed by atoms with Gasteiger partial charge in [0.15, 0.2) is 6.61 Å². The molecule has 41 heavy (non-hydrogen) atoms. The summed E-state index contributed by atoms with van der Waals surface area (Å²) in [5.74, 6) is 0.184. The second-order valence-electron chi connectivity index (χ2n) is 11.9. The Balaban J connectivity index is 1.61. The predicted octanol–water partition coefficient (Wildman–Crippen LogP) is 7.87. The third-order valence-corrected chi connectivity index (χ3v) is 8.47. The summed E-state index contributed by atoms with van der Waals surface area (Å²) in [5, 5.41) is 3.85. The van der Waals surface area contributed by atoms with Crippen molar-refractivity contribution in [3.63, 3.8) is 0 Å². The summed E-state index contributed by atoms with van der Waals surface area (Å²) >= 11 is 9.91. The first-order valence-corrected chi connectivity index (χ1v) is 15.6. The number of hydrogen-bond acceptors (Lipinski definition) is 3. The molecule has 218 valence electrons. The second kappa shape index (κ2) is 14.4. The standard InChI is InChI=1S/C34H40BrClN2O3/c1-34(2,3)26-17-18-31(29(35)21-26)41-23-32(39)38(22-25-13-10-14-27(36)19-25)30(20-24-11-6-4-7-12-24)33(40)37-28-15-8-5-9-16-28/h4,6-7,10-14,17-19,21,28,30H,5,8-9,15-16,20,22-23H2,1-3H3,(H,37,40). The molecule has 0 heterocycles. The summed E-state index contributed by atoms with van der Waals surface area (Å²) in [4.78, 5) is 29.5. The molecule has 0 aliphatic heterocycles. The first-order valence-electron chi connectivity index (χ1n) is 14.4. The molecule has 1 aliphatic rings. The number of carbonyl (C=O) groups excluding carboxylic acids is 2. The van der Waals surface area contributed by atoms with Gasteiger partial charge in [-0.05, 0) is 75.1 Å². The van der Waals surface area contributed by atoms with Gasteiger partial charge in [0.25, 0.3) is 5.91 Å². The zero-order chi connectivity index (χ0) is 29.4. The third-order valence-electron chi connectivity index (χ3n) is 7.61. The van der Waals surface area contributed by atoms with Crippen LogP contribution in [0.4, 0.5) is 0 Å². The Bertz CT molecular complexity index is 1320. The molecule has 1 saturated carbocycles. The maximum Gasteiger partial charge on any atom is 0.261 e. The normalized spacial score (nSPS) is 14.8. The summed E-state index contributed by atoms with van der Waals surface area (Å²) in [6, 6.07) is 22.6. The van der Waals surface area contributed by atoms with Gasteiger partial charge in [0, 0.05) is 24.0 Å². The number of nitrogens with zero attached hydrogens (tertiary/aromatic N) is 1. The lowest BCUT2D eigenvalue weighted by Crippen LogP contribution is -2.53. The van der Waals surface area contributed by atoms with Gasteiger partial charge in [-0.2, -0.15) is 0 Å². The molecule has 2 amide bonds. The summed E-state index contributed by atoms with van der Waals surface area (Å²) in [5.41, 5.74) is 2.99. The average molecular weight is 640 g/mol. The third kappa shape index (κ3) is 9.08. The first kappa shape index (κ1) is 31.1. The van der Waals surface area contributed by atoms with E-state index in [1.807, 2.05) is 66.7 Å². The van der Waals surface area contributed by atoms with E-state index in [4.69, 9.17) is 16.3 Å². The van der Waals surface area contributed by atoms with E-state index in [0.717, 1.165) is 46.8 Å². The van der Waals surface area contributed by atoms with Crippen molar-refractivity contribution in [3.8, 4) is 5.75 Å². The van der Waals surface area contributed by atoms with E-state index in [9.17, 15) is 9.59 Å². The van der Waals surface area contributed by atoms with Gasteiger partial charge >= 0.3 is 0 Å². The number of hydrogen-bond donors (Lipinski definition) is 1. The van der Waals surface area contributed by atoms with Gasteiger partial charge in [-0.1, -0.05) is 100 Å². The average Bonchev–Trinajstić information content (AvgIpc) is 2.94. The van der Waals surface area contributed by atoms with Crippen LogP contribution in [0.25, 0.3) is 0 Å². The maximum absolute atomic E-state index is 13.9. The summed E-state index contributed by atoms with van der Waals surface area (Å²) in [6.07, 6.45) is 5.74. The van der Waals surface area contributed by atoms with Crippen molar-refractivity contribution in [3.05, 3.63) is 99.0 Å². The van der Waals surface area contributed by atoms with Crippen molar-refractivity contribution in [2.75, 3.05) is 6.61 Å². The van der Waals surface area contributed by atoms with E-state index in [1.165, 1.54) is 6.42 Å². The van der Waals surface area contributed by atoms with Crippen molar-refractivity contribution >= 4 is 39.3 Å². The van der Waals surface area contributed by atoms with E-state index < -0.39 is 6.04 Å². The minimum Gasteiger partial charge on any atom is -0.483 e. The van der Waals surface area contributed by atoms with Gasteiger partial charge in [-0.3, -0.25) is 9.59 Å². The monoisotopic (exact) mass is 638 g/mol. The van der Waals surface area contributed by atoms with Crippen LogP contribution in [0.2, 0.25) is 5.02 Å². The van der Waals surface area contributed by atoms with Gasteiger partial charge in [0.05, 0.1) is 4.47 Å². The minimum absolute atomic E-state index is 0.0129. The van der Waals surface area contributed by atoms with Gasteiger partial charge in [0.2, 0.25) is 5.91 Å². The van der Waals surface area contributed by atoms with E-state index in [-0.39, 0.29) is 36.4 Å². The van der Waals surface area contributed by atoms with E-state index >= 15 is 0 Å². The van der Waals surface area contributed by atoms with Crippen LogP contribution in [0.15, 0.2) is 77.3 Å². The number of halogens is 2. The van der Waals surface area contributed by atoms with Crippen LogP contribution in [0.3, 0.4) is 0 Å². The molecule has 0 aromatic heterocycles. The highest BCUT2D eigenvalue weighted by Gasteiger charge is 2.32. The molecule has 3 aromatic carbocycles. The summed E-state index contributed by atoms with van der Waals surface area (Å²) in [7, 11) is 0. The molecule has 1 atom stereocenters. The Hall–Kier alpha value is -2.83. The lowest BCUT2D eigenvalue weighted by Gasteiger charge is -2.33. The highest BCUT2D eigenvalue weighted by Crippen LogP contribution is 2.31. The Labute approximate surface area is 257 Å². The molecule has 1 N–H and O–H groups in total. The zero-order valence-electron chi connectivity index (χ0n) is 24.2. The van der Waals surface area contributed by atoms with E-state index in [1.54, 1.807) is 11.0 Å². The number of amides is 2. The van der Waals surface area contributed by atoms with Crippen LogP contribution in [-0.2, 0) is 28.0 Å². The molecular weight excluding hydrogens is 600 g/mol. The molecule has 5 nitrogen and oxygen atoms in total. The molecule has 0 bridgehead atoms. The van der Waals surface area contributed by atoms with E-state index in [2.05, 4.69) is 42.0 Å². The smallest absolute Gasteiger partial charge is 0.261 e. The zero-order valence-corrected chi connectivity index (χ0v) is 26.5. The van der Waals surface area contributed by atoms with Gasteiger partial charge < -0.3 is 15.0 Å². The molecule has 0 radical (unpaired) electrons. The molecular formula is C34H40BrClN2O3. The van der Waals surface area contributed by atoms with Crippen LogP contribution in [0, 0.1) is 0 Å². The van der Waals surface area contributed by atoms with Crippen molar-refractivity contribution in [1.82, 2.24) is 10.2 Å². The summed E-state index contributed by atoms with van der Waals surface area (Å²) < 4.78 is 6.83.